The first kappa shape index (κ1) is 12.6. The van der Waals surface area contributed by atoms with Gasteiger partial charge in [0.25, 0.3) is 0 Å². The summed E-state index contributed by atoms with van der Waals surface area (Å²) in [5.74, 6) is -0.313. The highest BCUT2D eigenvalue weighted by atomic mass is 35.7. The van der Waals surface area contributed by atoms with Crippen molar-refractivity contribution in [2.45, 2.75) is 11.7 Å². The van der Waals surface area contributed by atoms with Crippen LogP contribution >= 0.6 is 22.3 Å². The van der Waals surface area contributed by atoms with Gasteiger partial charge in [-0.15, -0.1) is 0 Å². The summed E-state index contributed by atoms with van der Waals surface area (Å²) in [5, 5.41) is -0.589. The summed E-state index contributed by atoms with van der Waals surface area (Å²) in [7, 11) is 1.51. The lowest BCUT2D eigenvalue weighted by Crippen LogP contribution is -2.26. The van der Waals surface area contributed by atoms with E-state index in [1.807, 2.05) is 0 Å². The molecule has 0 aromatic carbocycles. The van der Waals surface area contributed by atoms with Gasteiger partial charge in [-0.2, -0.15) is 0 Å². The third-order valence-corrected chi connectivity index (χ3v) is 4.69. The number of amides is 1. The van der Waals surface area contributed by atoms with Crippen molar-refractivity contribution in [3.63, 3.8) is 0 Å². The first-order valence-electron chi connectivity index (χ1n) is 4.73. The van der Waals surface area contributed by atoms with E-state index >= 15 is 0 Å². The average Bonchev–Trinajstić information content (AvgIpc) is 2.61. The van der Waals surface area contributed by atoms with Gasteiger partial charge in [0.1, 0.15) is 5.25 Å². The minimum atomic E-state index is -3.74. The van der Waals surface area contributed by atoms with Gasteiger partial charge in [-0.05, 0) is 6.07 Å². The van der Waals surface area contributed by atoms with Crippen LogP contribution in [0.4, 0.5) is 5.69 Å². The van der Waals surface area contributed by atoms with Crippen molar-refractivity contribution in [3.8, 4) is 0 Å². The molecule has 1 saturated heterocycles. The molecule has 8 heteroatoms. The van der Waals surface area contributed by atoms with Crippen LogP contribution in [0.15, 0.2) is 18.5 Å². The molecule has 0 aliphatic carbocycles. The highest BCUT2D eigenvalue weighted by Gasteiger charge is 2.38. The van der Waals surface area contributed by atoms with Crippen LogP contribution in [-0.4, -0.2) is 31.1 Å². The number of aromatic nitrogens is 1. The number of nitrogens with zero attached hydrogens (tertiary/aromatic N) is 2. The molecule has 1 aliphatic rings. The largest absolute Gasteiger partial charge is 0.309 e. The second kappa shape index (κ2) is 4.44. The summed E-state index contributed by atoms with van der Waals surface area (Å²) in [6.07, 6.45) is 2.76. The second-order valence-corrected chi connectivity index (χ2v) is 6.95. The van der Waals surface area contributed by atoms with Crippen LogP contribution in [-0.2, 0) is 13.8 Å². The Morgan fingerprint density at radius 2 is 2.18 bits per heavy atom. The van der Waals surface area contributed by atoms with Gasteiger partial charge in [-0.3, -0.25) is 9.78 Å². The molecule has 0 bridgehead atoms. The molecule has 1 aromatic rings. The predicted molar refractivity (Wildman–Crippen MR) is 64.8 cm³/mol. The molecular formula is C9H8Cl2N2O3S. The number of pyridine rings is 1. The lowest BCUT2D eigenvalue weighted by atomic mass is 10.3. The smallest absolute Gasteiger partial charge is 0.237 e. The Balaban J connectivity index is 2.31. The molecule has 0 N–H and O–H groups in total. The summed E-state index contributed by atoms with van der Waals surface area (Å²) in [4.78, 5) is 16.8. The van der Waals surface area contributed by atoms with E-state index in [1.165, 1.54) is 17.3 Å². The molecule has 5 nitrogen and oxygen atoms in total. The fourth-order valence-electron chi connectivity index (χ4n) is 1.68. The number of rotatable bonds is 2. The van der Waals surface area contributed by atoms with E-state index in [1.54, 1.807) is 6.07 Å². The summed E-state index contributed by atoms with van der Waals surface area (Å²) >= 11 is 5.89. The molecule has 2 heterocycles. The first-order valence-corrected chi connectivity index (χ1v) is 7.48. The fraction of sp³-hybridized carbons (Fsp3) is 0.333. The zero-order valence-electron chi connectivity index (χ0n) is 8.51. The van der Waals surface area contributed by atoms with Gasteiger partial charge in [0, 0.05) is 36.0 Å². The van der Waals surface area contributed by atoms with Crippen LogP contribution in [0.2, 0.25) is 5.02 Å². The van der Waals surface area contributed by atoms with Crippen LogP contribution in [0, 0.1) is 0 Å². The number of anilines is 1. The van der Waals surface area contributed by atoms with Gasteiger partial charge in [0.05, 0.1) is 10.7 Å². The number of hydrogen-bond donors (Lipinski definition) is 0. The molecule has 1 aliphatic heterocycles. The average molecular weight is 295 g/mol. The van der Waals surface area contributed by atoms with E-state index in [0.717, 1.165) is 0 Å². The molecule has 1 aromatic heterocycles. The molecule has 0 radical (unpaired) electrons. The second-order valence-electron chi connectivity index (χ2n) is 3.63. The fourth-order valence-corrected chi connectivity index (χ4v) is 2.93. The minimum Gasteiger partial charge on any atom is -0.309 e. The molecule has 1 unspecified atom stereocenters. The van der Waals surface area contributed by atoms with E-state index in [9.17, 15) is 13.2 Å². The quantitative estimate of drug-likeness (QED) is 0.774. The Kier molecular flexibility index (Phi) is 3.29. The van der Waals surface area contributed by atoms with Crippen LogP contribution in [0.25, 0.3) is 0 Å². The van der Waals surface area contributed by atoms with Gasteiger partial charge in [0.15, 0.2) is 0 Å². The van der Waals surface area contributed by atoms with Crippen LogP contribution in [0.3, 0.4) is 0 Å². The lowest BCUT2D eigenvalue weighted by molar-refractivity contribution is -0.117. The van der Waals surface area contributed by atoms with Crippen LogP contribution in [0.5, 0.6) is 0 Å². The normalized spacial score (nSPS) is 20.9. The Bertz CT molecular complexity index is 561. The van der Waals surface area contributed by atoms with E-state index in [2.05, 4.69) is 4.98 Å². The Morgan fingerprint density at radius 3 is 2.71 bits per heavy atom. The van der Waals surface area contributed by atoms with E-state index in [0.29, 0.717) is 10.7 Å². The van der Waals surface area contributed by atoms with Crippen molar-refractivity contribution >= 4 is 42.9 Å². The van der Waals surface area contributed by atoms with Crippen molar-refractivity contribution in [2.75, 3.05) is 11.4 Å². The van der Waals surface area contributed by atoms with Gasteiger partial charge in [-0.1, -0.05) is 11.6 Å². The molecular weight excluding hydrogens is 287 g/mol. The summed E-state index contributed by atoms with van der Waals surface area (Å²) in [6, 6.07) is 1.56. The summed E-state index contributed by atoms with van der Waals surface area (Å²) < 4.78 is 22.4. The summed E-state index contributed by atoms with van der Waals surface area (Å²) in [6.45, 7) is 0.0222. The van der Waals surface area contributed by atoms with Crippen LogP contribution < -0.4 is 4.90 Å². The third kappa shape index (κ3) is 2.53. The van der Waals surface area contributed by atoms with Crippen molar-refractivity contribution in [1.82, 2.24) is 4.98 Å². The monoisotopic (exact) mass is 294 g/mol. The molecule has 0 saturated carbocycles. The van der Waals surface area contributed by atoms with Crippen molar-refractivity contribution in [1.29, 1.82) is 0 Å². The Hall–Kier alpha value is -0.850. The van der Waals surface area contributed by atoms with Crippen molar-refractivity contribution in [3.05, 3.63) is 23.5 Å². The molecule has 2 rings (SSSR count). The number of hydrogen-bond acceptors (Lipinski definition) is 4. The summed E-state index contributed by atoms with van der Waals surface area (Å²) in [5.41, 5.74) is 0.453. The van der Waals surface area contributed by atoms with Crippen molar-refractivity contribution < 1.29 is 13.2 Å². The maximum absolute atomic E-state index is 11.7. The molecule has 1 fully saturated rings. The van der Waals surface area contributed by atoms with Gasteiger partial charge in [0.2, 0.25) is 15.0 Å². The molecule has 1 atom stereocenters. The topological polar surface area (TPSA) is 67.3 Å². The zero-order chi connectivity index (χ0) is 12.6. The van der Waals surface area contributed by atoms with Crippen molar-refractivity contribution in [2.24, 2.45) is 0 Å². The van der Waals surface area contributed by atoms with Gasteiger partial charge < -0.3 is 4.90 Å². The first-order chi connectivity index (χ1) is 7.89. The van der Waals surface area contributed by atoms with E-state index in [4.69, 9.17) is 22.3 Å². The highest BCUT2D eigenvalue weighted by molar-refractivity contribution is 8.14. The zero-order valence-corrected chi connectivity index (χ0v) is 10.8. The Labute approximate surface area is 108 Å². The lowest BCUT2D eigenvalue weighted by Gasteiger charge is -2.16. The molecule has 17 heavy (non-hydrogen) atoms. The van der Waals surface area contributed by atoms with E-state index in [-0.39, 0.29) is 18.9 Å². The molecule has 1 amide bonds. The SMILES string of the molecule is O=C1CC(S(=O)(=O)Cl)CN1c1ccncc1Cl. The van der Waals surface area contributed by atoms with Gasteiger partial charge >= 0.3 is 0 Å². The number of halogens is 2. The minimum absolute atomic E-state index is 0.0222. The maximum Gasteiger partial charge on any atom is 0.237 e. The predicted octanol–water partition coefficient (Wildman–Crippen LogP) is 1.41. The standard InChI is InChI=1S/C9H8Cl2N2O3S/c10-7-4-12-2-1-8(7)13-5-6(3-9(13)14)17(11,15)16/h1-2,4,6H,3,5H2. The molecule has 0 spiro atoms. The third-order valence-electron chi connectivity index (χ3n) is 2.53. The van der Waals surface area contributed by atoms with Gasteiger partial charge in [-0.25, -0.2) is 8.42 Å². The van der Waals surface area contributed by atoms with Crippen LogP contribution in [0.1, 0.15) is 6.42 Å². The number of carbonyl (C=O) groups excluding carboxylic acids is 1. The Morgan fingerprint density at radius 1 is 1.47 bits per heavy atom. The molecule has 92 valence electrons. The maximum atomic E-state index is 11.7. The number of carbonyl (C=O) groups is 1. The van der Waals surface area contributed by atoms with E-state index < -0.39 is 14.3 Å². The highest BCUT2D eigenvalue weighted by Crippen LogP contribution is 2.30.